The Morgan fingerprint density at radius 3 is 2.50 bits per heavy atom. The van der Waals surface area contributed by atoms with Gasteiger partial charge in [-0.1, -0.05) is 0 Å². The maximum atomic E-state index is 12.5. The van der Waals surface area contributed by atoms with Crippen LogP contribution in [0.15, 0.2) is 18.5 Å². The summed E-state index contributed by atoms with van der Waals surface area (Å²) in [4.78, 5) is 38.4. The molecule has 8 heteroatoms. The van der Waals surface area contributed by atoms with Gasteiger partial charge in [0.15, 0.2) is 0 Å². The zero-order chi connectivity index (χ0) is 16.9. The van der Waals surface area contributed by atoms with Crippen molar-refractivity contribution >= 4 is 17.8 Å². The Balaban J connectivity index is 1.48. The second kappa shape index (κ2) is 7.57. The lowest BCUT2D eigenvalue weighted by atomic mass is 9.97. The van der Waals surface area contributed by atoms with Crippen molar-refractivity contribution in [2.24, 2.45) is 11.7 Å². The van der Waals surface area contributed by atoms with E-state index in [0.29, 0.717) is 32.1 Å². The van der Waals surface area contributed by atoms with Crippen LogP contribution in [0.1, 0.15) is 12.8 Å². The number of hydrogen-bond acceptors (Lipinski definition) is 6. The van der Waals surface area contributed by atoms with E-state index in [1.54, 1.807) is 18.5 Å². The summed E-state index contributed by atoms with van der Waals surface area (Å²) in [7, 11) is 0. The van der Waals surface area contributed by atoms with Gasteiger partial charge in [0.05, 0.1) is 12.5 Å². The Morgan fingerprint density at radius 1 is 1.12 bits per heavy atom. The van der Waals surface area contributed by atoms with Crippen molar-refractivity contribution in [2.45, 2.75) is 12.8 Å². The first-order chi connectivity index (χ1) is 11.6. The fourth-order valence-electron chi connectivity index (χ4n) is 3.33. The molecule has 0 saturated carbocycles. The van der Waals surface area contributed by atoms with Crippen LogP contribution in [0.2, 0.25) is 0 Å². The van der Waals surface area contributed by atoms with Gasteiger partial charge in [-0.05, 0) is 25.5 Å². The van der Waals surface area contributed by atoms with Gasteiger partial charge in [0.2, 0.25) is 17.8 Å². The van der Waals surface area contributed by atoms with Crippen molar-refractivity contribution in [3.8, 4) is 0 Å². The van der Waals surface area contributed by atoms with Crippen molar-refractivity contribution in [1.29, 1.82) is 0 Å². The van der Waals surface area contributed by atoms with E-state index in [1.807, 2.05) is 9.80 Å². The summed E-state index contributed by atoms with van der Waals surface area (Å²) in [6.45, 7) is 4.63. The van der Waals surface area contributed by atoms with E-state index in [9.17, 15) is 9.59 Å². The molecule has 2 aliphatic heterocycles. The summed E-state index contributed by atoms with van der Waals surface area (Å²) in [6.07, 6.45) is 5.20. The molecule has 1 unspecified atom stereocenters. The molecule has 1 aromatic rings. The van der Waals surface area contributed by atoms with E-state index in [1.165, 1.54) is 0 Å². The summed E-state index contributed by atoms with van der Waals surface area (Å²) in [5.41, 5.74) is 5.40. The van der Waals surface area contributed by atoms with Gasteiger partial charge in [0, 0.05) is 45.1 Å². The molecule has 2 N–H and O–H groups in total. The van der Waals surface area contributed by atoms with E-state index in [4.69, 9.17) is 5.73 Å². The predicted molar refractivity (Wildman–Crippen MR) is 89.2 cm³/mol. The standard InChI is InChI=1S/C16H24N6O2/c17-15(24)13-3-1-6-20(11-13)12-14(23)21-7-9-22(10-8-21)16-18-4-2-5-19-16/h2,4-5,13H,1,3,6-12H2,(H2,17,24). The molecule has 1 atom stereocenters. The quantitative estimate of drug-likeness (QED) is 0.785. The second-order valence-corrected chi connectivity index (χ2v) is 6.39. The van der Waals surface area contributed by atoms with Crippen molar-refractivity contribution < 1.29 is 9.59 Å². The average molecular weight is 332 g/mol. The smallest absolute Gasteiger partial charge is 0.236 e. The summed E-state index contributed by atoms with van der Waals surface area (Å²) >= 11 is 0. The average Bonchev–Trinajstić information content (AvgIpc) is 2.63. The Kier molecular flexibility index (Phi) is 5.24. The lowest BCUT2D eigenvalue weighted by molar-refractivity contribution is -0.134. The lowest BCUT2D eigenvalue weighted by Gasteiger charge is -2.37. The minimum absolute atomic E-state index is 0.119. The number of carbonyl (C=O) groups excluding carboxylic acids is 2. The highest BCUT2D eigenvalue weighted by Crippen LogP contribution is 2.16. The molecule has 0 bridgehead atoms. The number of nitrogens with two attached hydrogens (primary N) is 1. The minimum atomic E-state index is -0.261. The largest absolute Gasteiger partial charge is 0.369 e. The number of likely N-dealkylation sites (tertiary alicyclic amines) is 1. The van der Waals surface area contributed by atoms with Gasteiger partial charge in [0.1, 0.15) is 0 Å². The van der Waals surface area contributed by atoms with Crippen LogP contribution < -0.4 is 10.6 Å². The number of piperidine rings is 1. The van der Waals surface area contributed by atoms with E-state index >= 15 is 0 Å². The van der Waals surface area contributed by atoms with Crippen molar-refractivity contribution in [3.63, 3.8) is 0 Å². The monoisotopic (exact) mass is 332 g/mol. The molecule has 2 amide bonds. The van der Waals surface area contributed by atoms with Crippen LogP contribution >= 0.6 is 0 Å². The SMILES string of the molecule is NC(=O)C1CCCN(CC(=O)N2CCN(c3ncccn3)CC2)C1. The molecule has 3 heterocycles. The molecule has 8 nitrogen and oxygen atoms in total. The normalized spacial score (nSPS) is 22.4. The third-order valence-corrected chi connectivity index (χ3v) is 4.73. The first-order valence-corrected chi connectivity index (χ1v) is 8.45. The van der Waals surface area contributed by atoms with Crippen molar-refractivity contribution in [1.82, 2.24) is 19.8 Å². The number of amides is 2. The molecule has 2 aliphatic rings. The zero-order valence-corrected chi connectivity index (χ0v) is 13.8. The number of aromatic nitrogens is 2. The van der Waals surface area contributed by atoms with E-state index in [2.05, 4.69) is 14.9 Å². The molecule has 24 heavy (non-hydrogen) atoms. The first kappa shape index (κ1) is 16.6. The fourth-order valence-corrected chi connectivity index (χ4v) is 3.33. The molecule has 1 aromatic heterocycles. The molecule has 2 saturated heterocycles. The van der Waals surface area contributed by atoms with E-state index < -0.39 is 0 Å². The van der Waals surface area contributed by atoms with Gasteiger partial charge >= 0.3 is 0 Å². The molecule has 0 aliphatic carbocycles. The fraction of sp³-hybridized carbons (Fsp3) is 0.625. The topological polar surface area (TPSA) is 95.7 Å². The lowest BCUT2D eigenvalue weighted by Crippen LogP contribution is -2.52. The molecule has 0 aromatic carbocycles. The van der Waals surface area contributed by atoms with Crippen LogP contribution in [-0.4, -0.2) is 77.4 Å². The number of rotatable bonds is 4. The maximum Gasteiger partial charge on any atom is 0.236 e. The molecule has 3 rings (SSSR count). The first-order valence-electron chi connectivity index (χ1n) is 8.45. The molecule has 0 radical (unpaired) electrons. The number of piperazine rings is 1. The Labute approximate surface area is 141 Å². The highest BCUT2D eigenvalue weighted by molar-refractivity contribution is 5.79. The van der Waals surface area contributed by atoms with Gasteiger partial charge < -0.3 is 15.5 Å². The van der Waals surface area contributed by atoms with Gasteiger partial charge in [-0.2, -0.15) is 0 Å². The Bertz CT molecular complexity index is 573. The molecule has 0 spiro atoms. The molecular formula is C16H24N6O2. The van der Waals surface area contributed by atoms with Gasteiger partial charge in [-0.25, -0.2) is 9.97 Å². The van der Waals surface area contributed by atoms with Gasteiger partial charge in [0.25, 0.3) is 0 Å². The third-order valence-electron chi connectivity index (χ3n) is 4.73. The number of anilines is 1. The van der Waals surface area contributed by atoms with E-state index in [0.717, 1.165) is 32.5 Å². The number of primary amides is 1. The minimum Gasteiger partial charge on any atom is -0.369 e. The summed E-state index contributed by atoms with van der Waals surface area (Å²) in [5.74, 6) is 0.445. The van der Waals surface area contributed by atoms with Crippen LogP contribution in [0.25, 0.3) is 0 Å². The number of carbonyl (C=O) groups is 2. The predicted octanol–water partition coefficient (Wildman–Crippen LogP) is -0.677. The maximum absolute atomic E-state index is 12.5. The molecule has 2 fully saturated rings. The Morgan fingerprint density at radius 2 is 1.83 bits per heavy atom. The van der Waals surface area contributed by atoms with Gasteiger partial charge in [-0.15, -0.1) is 0 Å². The van der Waals surface area contributed by atoms with Crippen LogP contribution in [-0.2, 0) is 9.59 Å². The highest BCUT2D eigenvalue weighted by Gasteiger charge is 2.28. The van der Waals surface area contributed by atoms with Crippen LogP contribution in [0.4, 0.5) is 5.95 Å². The Hall–Kier alpha value is -2.22. The van der Waals surface area contributed by atoms with Crippen molar-refractivity contribution in [3.05, 3.63) is 18.5 Å². The highest BCUT2D eigenvalue weighted by atomic mass is 16.2. The summed E-state index contributed by atoms with van der Waals surface area (Å²) < 4.78 is 0. The van der Waals surface area contributed by atoms with Gasteiger partial charge in [-0.3, -0.25) is 14.5 Å². The summed E-state index contributed by atoms with van der Waals surface area (Å²) in [6, 6.07) is 1.79. The number of nitrogens with zero attached hydrogens (tertiary/aromatic N) is 5. The third kappa shape index (κ3) is 4.00. The second-order valence-electron chi connectivity index (χ2n) is 6.39. The van der Waals surface area contributed by atoms with Crippen molar-refractivity contribution in [2.75, 3.05) is 50.7 Å². The van der Waals surface area contributed by atoms with Crippen LogP contribution in [0, 0.1) is 5.92 Å². The van der Waals surface area contributed by atoms with Crippen LogP contribution in [0.5, 0.6) is 0 Å². The molecular weight excluding hydrogens is 308 g/mol. The summed E-state index contributed by atoms with van der Waals surface area (Å²) in [5, 5.41) is 0. The van der Waals surface area contributed by atoms with Crippen LogP contribution in [0.3, 0.4) is 0 Å². The number of hydrogen-bond donors (Lipinski definition) is 1. The zero-order valence-electron chi connectivity index (χ0n) is 13.8. The van der Waals surface area contributed by atoms with E-state index in [-0.39, 0.29) is 17.7 Å². The molecule has 130 valence electrons.